The van der Waals surface area contributed by atoms with Gasteiger partial charge in [-0.05, 0) is 33.9 Å². The van der Waals surface area contributed by atoms with Crippen molar-refractivity contribution in [3.8, 4) is 0 Å². The first-order valence-corrected chi connectivity index (χ1v) is 7.57. The Balaban J connectivity index is 3.88. The molecule has 0 aliphatic heterocycles. The molecule has 0 amide bonds. The maximum Gasteiger partial charge on any atom is 0.342 e. The van der Waals surface area contributed by atoms with Gasteiger partial charge in [-0.25, -0.2) is 9.76 Å². The largest absolute Gasteiger partial charge is 0.480 e. The third-order valence-electron chi connectivity index (χ3n) is 2.40. The van der Waals surface area contributed by atoms with Crippen LogP contribution in [-0.4, -0.2) is 49.0 Å². The van der Waals surface area contributed by atoms with Crippen LogP contribution in [0.15, 0.2) is 0 Å². The van der Waals surface area contributed by atoms with Crippen LogP contribution in [0, 0.1) is 0 Å². The van der Waals surface area contributed by atoms with Crippen molar-refractivity contribution in [2.75, 3.05) is 27.2 Å². The van der Waals surface area contributed by atoms with Gasteiger partial charge in [0.05, 0.1) is 6.61 Å². The normalized spacial score (nSPS) is 16.5. The van der Waals surface area contributed by atoms with Crippen LogP contribution in [-0.2, 0) is 13.9 Å². The molecule has 0 bridgehead atoms. The van der Waals surface area contributed by atoms with E-state index in [4.69, 9.17) is 15.4 Å². The Hall–Kier alpha value is -0.460. The van der Waals surface area contributed by atoms with Crippen molar-refractivity contribution in [1.29, 1.82) is 0 Å². The minimum absolute atomic E-state index is 0.367. The van der Waals surface area contributed by atoms with Crippen molar-refractivity contribution < 1.29 is 19.0 Å². The molecule has 0 rings (SSSR count). The zero-order valence-corrected chi connectivity index (χ0v) is 12.2. The number of hydrogen-bond acceptors (Lipinski definition) is 4. The zero-order valence-electron chi connectivity index (χ0n) is 11.3. The lowest BCUT2D eigenvalue weighted by molar-refractivity contribution is -0.138. The van der Waals surface area contributed by atoms with E-state index in [0.29, 0.717) is 32.4 Å². The number of carbonyl (C=O) groups is 1. The van der Waals surface area contributed by atoms with Gasteiger partial charge in [-0.2, -0.15) is 0 Å². The molecular weight excluding hydrogens is 257 g/mol. The van der Waals surface area contributed by atoms with Crippen molar-refractivity contribution in [3.63, 3.8) is 0 Å². The molecular formula is C10H24N3O4P. The highest BCUT2D eigenvalue weighted by Crippen LogP contribution is 2.43. The van der Waals surface area contributed by atoms with Crippen molar-refractivity contribution in [3.05, 3.63) is 0 Å². The Kier molecular flexibility index (Phi) is 8.39. The Labute approximate surface area is 108 Å². The molecule has 0 radical (unpaired) electrons. The number of nitrogens with zero attached hydrogens (tertiary/aromatic N) is 1. The number of carboxylic acids is 1. The highest BCUT2D eigenvalue weighted by Gasteiger charge is 2.24. The second-order valence-electron chi connectivity index (χ2n) is 4.13. The maximum atomic E-state index is 12.2. The van der Waals surface area contributed by atoms with Gasteiger partial charge in [0.25, 0.3) is 0 Å². The molecule has 0 aromatic carbocycles. The van der Waals surface area contributed by atoms with E-state index in [-0.39, 0.29) is 0 Å². The fourth-order valence-electron chi connectivity index (χ4n) is 1.31. The third kappa shape index (κ3) is 6.47. The number of aliphatic carboxylic acids is 1. The van der Waals surface area contributed by atoms with E-state index in [1.807, 2.05) is 0 Å². The van der Waals surface area contributed by atoms with Crippen LogP contribution in [0.2, 0.25) is 0 Å². The first-order valence-electron chi connectivity index (χ1n) is 5.99. The predicted octanol–water partition coefficient (Wildman–Crippen LogP) is 0.864. The smallest absolute Gasteiger partial charge is 0.342 e. The molecule has 8 heteroatoms. The molecule has 0 saturated carbocycles. The van der Waals surface area contributed by atoms with Crippen molar-refractivity contribution >= 4 is 13.6 Å². The summed E-state index contributed by atoms with van der Waals surface area (Å²) in [5.41, 5.74) is 5.37. The Bertz CT molecular complexity index is 299. The van der Waals surface area contributed by atoms with Crippen molar-refractivity contribution in [2.45, 2.75) is 32.2 Å². The van der Waals surface area contributed by atoms with Gasteiger partial charge >= 0.3 is 13.6 Å². The number of carboxylic acid groups (broad SMARTS) is 1. The first-order chi connectivity index (χ1) is 8.33. The van der Waals surface area contributed by atoms with Crippen LogP contribution in [0.4, 0.5) is 0 Å². The highest BCUT2D eigenvalue weighted by molar-refractivity contribution is 7.54. The van der Waals surface area contributed by atoms with Gasteiger partial charge in [0.1, 0.15) is 6.04 Å². The lowest BCUT2D eigenvalue weighted by Gasteiger charge is -2.24. The number of nitrogens with one attached hydrogen (secondary N) is 1. The SMILES string of the molecule is CCOP(=O)(NCCCC[C@H](N)C(=O)O)N(C)C. The molecule has 0 aliphatic rings. The summed E-state index contributed by atoms with van der Waals surface area (Å²) >= 11 is 0. The Morgan fingerprint density at radius 2 is 2.11 bits per heavy atom. The van der Waals surface area contributed by atoms with E-state index in [0.717, 1.165) is 0 Å². The number of rotatable bonds is 10. The summed E-state index contributed by atoms with van der Waals surface area (Å²) in [5.74, 6) is -0.990. The zero-order chi connectivity index (χ0) is 14.2. The topological polar surface area (TPSA) is 105 Å². The van der Waals surface area contributed by atoms with Gasteiger partial charge in [-0.15, -0.1) is 0 Å². The van der Waals surface area contributed by atoms with Gasteiger partial charge in [0.2, 0.25) is 0 Å². The molecule has 2 atom stereocenters. The molecule has 0 heterocycles. The lowest BCUT2D eigenvalue weighted by atomic mass is 10.1. The molecule has 4 N–H and O–H groups in total. The quantitative estimate of drug-likeness (QED) is 0.403. The fourth-order valence-corrected chi connectivity index (χ4v) is 2.71. The average Bonchev–Trinajstić information content (AvgIpc) is 2.28. The summed E-state index contributed by atoms with van der Waals surface area (Å²) in [6.07, 6.45) is 1.78. The molecule has 0 fully saturated rings. The van der Waals surface area contributed by atoms with E-state index < -0.39 is 19.7 Å². The molecule has 0 saturated heterocycles. The van der Waals surface area contributed by atoms with Gasteiger partial charge in [0, 0.05) is 6.54 Å². The molecule has 0 aromatic rings. The maximum absolute atomic E-state index is 12.2. The van der Waals surface area contributed by atoms with E-state index in [1.165, 1.54) is 4.67 Å². The second kappa shape index (κ2) is 8.61. The highest BCUT2D eigenvalue weighted by atomic mass is 31.2. The third-order valence-corrected chi connectivity index (χ3v) is 4.69. The summed E-state index contributed by atoms with van der Waals surface area (Å²) in [6.45, 7) is 2.65. The molecule has 108 valence electrons. The Morgan fingerprint density at radius 3 is 2.56 bits per heavy atom. The average molecular weight is 281 g/mol. The summed E-state index contributed by atoms with van der Waals surface area (Å²) in [6, 6.07) is -0.822. The standard InChI is InChI=1S/C10H24N3O4P/c1-4-17-18(16,13(2)3)12-8-6-5-7-9(11)10(14)15/h9H,4-8,11H2,1-3H3,(H,12,16)(H,14,15)/t9-,18?/m0/s1. The number of nitrogens with two attached hydrogens (primary N) is 1. The Morgan fingerprint density at radius 1 is 1.50 bits per heavy atom. The summed E-state index contributed by atoms with van der Waals surface area (Å²) in [4.78, 5) is 10.5. The minimum Gasteiger partial charge on any atom is -0.480 e. The van der Waals surface area contributed by atoms with Gasteiger partial charge in [0.15, 0.2) is 0 Å². The van der Waals surface area contributed by atoms with Gasteiger partial charge in [-0.3, -0.25) is 9.36 Å². The summed E-state index contributed by atoms with van der Waals surface area (Å²) in [5, 5.41) is 11.5. The molecule has 0 spiro atoms. The number of unbranched alkanes of at least 4 members (excludes halogenated alkanes) is 1. The first kappa shape index (κ1) is 17.5. The van der Waals surface area contributed by atoms with Crippen LogP contribution >= 0.6 is 7.67 Å². The van der Waals surface area contributed by atoms with Gasteiger partial charge < -0.3 is 15.4 Å². The van der Waals surface area contributed by atoms with Crippen LogP contribution in [0.25, 0.3) is 0 Å². The molecule has 0 aliphatic carbocycles. The molecule has 1 unspecified atom stereocenters. The van der Waals surface area contributed by atoms with Gasteiger partial charge in [-0.1, -0.05) is 6.42 Å². The van der Waals surface area contributed by atoms with E-state index >= 15 is 0 Å². The minimum atomic E-state index is -2.94. The second-order valence-corrected chi connectivity index (χ2v) is 6.55. The molecule has 18 heavy (non-hydrogen) atoms. The molecule has 0 aromatic heterocycles. The van der Waals surface area contributed by atoms with Crippen LogP contribution in [0.1, 0.15) is 26.2 Å². The summed E-state index contributed by atoms with van der Waals surface area (Å²) < 4.78 is 18.9. The monoisotopic (exact) mass is 281 g/mol. The molecule has 7 nitrogen and oxygen atoms in total. The van der Waals surface area contributed by atoms with Crippen molar-refractivity contribution in [1.82, 2.24) is 9.76 Å². The summed E-state index contributed by atoms with van der Waals surface area (Å²) in [7, 11) is 0.430. The predicted molar refractivity (Wildman–Crippen MR) is 70.4 cm³/mol. The van der Waals surface area contributed by atoms with Crippen LogP contribution < -0.4 is 10.8 Å². The number of hydrogen-bond donors (Lipinski definition) is 3. The van der Waals surface area contributed by atoms with Crippen LogP contribution in [0.3, 0.4) is 0 Å². The van der Waals surface area contributed by atoms with Crippen molar-refractivity contribution in [2.24, 2.45) is 5.73 Å². The van der Waals surface area contributed by atoms with Crippen LogP contribution in [0.5, 0.6) is 0 Å². The van der Waals surface area contributed by atoms with E-state index in [2.05, 4.69) is 5.09 Å². The lowest BCUT2D eigenvalue weighted by Crippen LogP contribution is -2.30. The fraction of sp³-hybridized carbons (Fsp3) is 0.900. The van der Waals surface area contributed by atoms with E-state index in [9.17, 15) is 9.36 Å². The van der Waals surface area contributed by atoms with E-state index in [1.54, 1.807) is 21.0 Å².